The molecule has 1 aromatic heterocycles. The van der Waals surface area contributed by atoms with Crippen molar-refractivity contribution in [1.82, 2.24) is 10.2 Å². The maximum atomic E-state index is 10.1. The molecule has 0 atom stereocenters. The summed E-state index contributed by atoms with van der Waals surface area (Å²) in [7, 11) is 0. The van der Waals surface area contributed by atoms with Gasteiger partial charge < -0.3 is 20.7 Å². The van der Waals surface area contributed by atoms with Crippen LogP contribution in [-0.2, 0) is 0 Å². The van der Waals surface area contributed by atoms with Gasteiger partial charge in [-0.2, -0.15) is 5.10 Å². The topological polar surface area (TPSA) is 134 Å². The monoisotopic (exact) mass is 291 g/mol. The van der Waals surface area contributed by atoms with Crippen molar-refractivity contribution in [3.8, 4) is 0 Å². The summed E-state index contributed by atoms with van der Waals surface area (Å²) in [5.41, 5.74) is 5.75. The molecule has 0 aliphatic carbocycles. The third-order valence-electron chi connectivity index (χ3n) is 2.69. The Bertz CT molecular complexity index is 606. The molecule has 0 radical (unpaired) electrons. The van der Waals surface area contributed by atoms with Crippen molar-refractivity contribution in [3.05, 3.63) is 47.3 Å². The first-order valence-electron chi connectivity index (χ1n) is 6.23. The van der Waals surface area contributed by atoms with Gasteiger partial charge in [0.2, 0.25) is 0 Å². The molecule has 7 nitrogen and oxygen atoms in total. The average Bonchev–Trinajstić information content (AvgIpc) is 2.89. The van der Waals surface area contributed by atoms with E-state index < -0.39 is 11.9 Å². The number of aromatic carboxylic acids is 2. The summed E-state index contributed by atoms with van der Waals surface area (Å²) in [6.45, 7) is 4.37. The first kappa shape index (κ1) is 16.4. The maximum absolute atomic E-state index is 10.1. The van der Waals surface area contributed by atoms with Crippen LogP contribution < -0.4 is 10.8 Å². The van der Waals surface area contributed by atoms with Gasteiger partial charge in [-0.25, -0.2) is 4.79 Å². The lowest BCUT2D eigenvalue weighted by molar-refractivity contribution is -0.256. The molecule has 112 valence electrons. The number of nitrogens with zero attached hydrogens (tertiary/aromatic N) is 1. The zero-order valence-corrected chi connectivity index (χ0v) is 11.8. The number of carboxylic acids is 2. The number of nitrogens with one attached hydrogen (secondary N) is 1. The summed E-state index contributed by atoms with van der Waals surface area (Å²) >= 11 is 0. The van der Waals surface area contributed by atoms with Crippen LogP contribution in [0.2, 0.25) is 0 Å². The van der Waals surface area contributed by atoms with Crippen molar-refractivity contribution in [2.24, 2.45) is 0 Å². The number of carbonyl (C=O) groups excluding carboxylic acids is 1. The number of benzene rings is 1. The first-order chi connectivity index (χ1) is 9.82. The van der Waals surface area contributed by atoms with Gasteiger partial charge in [-0.3, -0.25) is 5.10 Å². The molecule has 21 heavy (non-hydrogen) atoms. The molecular formula is C14H17N3O4. The van der Waals surface area contributed by atoms with Crippen molar-refractivity contribution < 1.29 is 25.5 Å². The highest BCUT2D eigenvalue weighted by Gasteiger charge is 2.07. The zero-order valence-electron chi connectivity index (χ0n) is 11.8. The van der Waals surface area contributed by atoms with E-state index in [1.54, 1.807) is 0 Å². The van der Waals surface area contributed by atoms with E-state index in [-0.39, 0.29) is 11.4 Å². The predicted octanol–water partition coefficient (Wildman–Crippen LogP) is 0.155. The van der Waals surface area contributed by atoms with E-state index in [0.29, 0.717) is 5.92 Å². The Morgan fingerprint density at radius 3 is 2.29 bits per heavy atom. The summed E-state index contributed by atoms with van der Waals surface area (Å²) in [5, 5.41) is 23.5. The second-order valence-corrected chi connectivity index (χ2v) is 4.61. The SMILES string of the molecule is CC(C)c1ccccc1[NH3+].O=C(O)c1cc(C(=O)[O-])[nH]n1. The molecule has 1 heterocycles. The van der Waals surface area contributed by atoms with E-state index in [0.717, 1.165) is 11.8 Å². The van der Waals surface area contributed by atoms with Gasteiger partial charge in [-0.05, 0) is 18.1 Å². The van der Waals surface area contributed by atoms with Crippen LogP contribution in [0.1, 0.15) is 46.3 Å². The van der Waals surface area contributed by atoms with Crippen molar-refractivity contribution in [3.63, 3.8) is 0 Å². The number of aromatic nitrogens is 2. The number of hydrogen-bond donors (Lipinski definition) is 3. The molecule has 1 aromatic carbocycles. The molecule has 0 aliphatic heterocycles. The predicted molar refractivity (Wildman–Crippen MR) is 73.0 cm³/mol. The number of carboxylic acid groups (broad SMARTS) is 2. The minimum absolute atomic E-state index is 0.343. The zero-order chi connectivity index (χ0) is 16.0. The van der Waals surface area contributed by atoms with Gasteiger partial charge >= 0.3 is 5.97 Å². The Morgan fingerprint density at radius 2 is 1.95 bits per heavy atom. The maximum Gasteiger partial charge on any atom is 0.356 e. The van der Waals surface area contributed by atoms with Crippen LogP contribution in [0.4, 0.5) is 5.69 Å². The van der Waals surface area contributed by atoms with Crippen LogP contribution in [0.25, 0.3) is 0 Å². The number of aromatic amines is 1. The van der Waals surface area contributed by atoms with Crippen molar-refractivity contribution in [1.29, 1.82) is 0 Å². The van der Waals surface area contributed by atoms with E-state index in [9.17, 15) is 14.7 Å². The smallest absolute Gasteiger partial charge is 0.356 e. The number of carbonyl (C=O) groups is 2. The second kappa shape index (κ2) is 7.20. The van der Waals surface area contributed by atoms with Crippen LogP contribution in [0.15, 0.2) is 30.3 Å². The lowest BCUT2D eigenvalue weighted by atomic mass is 10.0. The van der Waals surface area contributed by atoms with Gasteiger partial charge in [0.15, 0.2) is 5.69 Å². The number of hydrogen-bond acceptors (Lipinski definition) is 4. The third-order valence-corrected chi connectivity index (χ3v) is 2.69. The van der Waals surface area contributed by atoms with Crippen molar-refractivity contribution >= 4 is 17.6 Å². The van der Waals surface area contributed by atoms with Crippen LogP contribution in [0, 0.1) is 0 Å². The Hall–Kier alpha value is -2.67. The fourth-order valence-electron chi connectivity index (χ4n) is 1.63. The number of quaternary nitrogens is 1. The van der Waals surface area contributed by atoms with E-state index in [4.69, 9.17) is 5.11 Å². The lowest BCUT2D eigenvalue weighted by Gasteiger charge is -2.04. The van der Waals surface area contributed by atoms with Crippen LogP contribution >= 0.6 is 0 Å². The molecular weight excluding hydrogens is 274 g/mol. The van der Waals surface area contributed by atoms with E-state index in [1.165, 1.54) is 5.56 Å². The van der Waals surface area contributed by atoms with Crippen molar-refractivity contribution in [2.45, 2.75) is 19.8 Å². The minimum Gasteiger partial charge on any atom is -0.543 e. The Balaban J connectivity index is 0.000000211. The molecule has 0 bridgehead atoms. The van der Waals surface area contributed by atoms with Gasteiger partial charge in [-0.15, -0.1) is 0 Å². The molecule has 0 amide bonds. The summed E-state index contributed by atoms with van der Waals surface area (Å²) < 4.78 is 0. The second-order valence-electron chi connectivity index (χ2n) is 4.61. The molecule has 2 aromatic rings. The largest absolute Gasteiger partial charge is 0.543 e. The normalized spacial score (nSPS) is 9.90. The molecule has 0 fully saturated rings. The van der Waals surface area contributed by atoms with Gasteiger partial charge in [0, 0.05) is 5.56 Å². The fraction of sp³-hybridized carbons (Fsp3) is 0.214. The average molecular weight is 291 g/mol. The molecule has 0 saturated heterocycles. The lowest BCUT2D eigenvalue weighted by Crippen LogP contribution is -2.41. The first-order valence-corrected chi connectivity index (χ1v) is 6.23. The number of H-pyrrole nitrogens is 1. The third kappa shape index (κ3) is 4.73. The molecule has 0 saturated carbocycles. The Labute approximate surface area is 121 Å². The number of rotatable bonds is 3. The van der Waals surface area contributed by atoms with Gasteiger partial charge in [0.25, 0.3) is 0 Å². The van der Waals surface area contributed by atoms with Crippen molar-refractivity contribution in [2.75, 3.05) is 0 Å². The highest BCUT2D eigenvalue weighted by Crippen LogP contribution is 2.18. The van der Waals surface area contributed by atoms with E-state index in [2.05, 4.69) is 42.9 Å². The van der Waals surface area contributed by atoms with Crippen LogP contribution in [0.5, 0.6) is 0 Å². The fourth-order valence-corrected chi connectivity index (χ4v) is 1.63. The van der Waals surface area contributed by atoms with E-state index >= 15 is 0 Å². The molecule has 0 unspecified atom stereocenters. The highest BCUT2D eigenvalue weighted by molar-refractivity contribution is 5.90. The summed E-state index contributed by atoms with van der Waals surface area (Å²) in [6.07, 6.45) is 0. The minimum atomic E-state index is -1.48. The molecule has 0 spiro atoms. The molecule has 2 rings (SSSR count). The van der Waals surface area contributed by atoms with Gasteiger partial charge in [0.1, 0.15) is 5.69 Å². The molecule has 0 aliphatic rings. The van der Waals surface area contributed by atoms with Gasteiger partial charge in [0.05, 0.1) is 11.7 Å². The molecule has 5 N–H and O–H groups in total. The summed E-state index contributed by atoms with van der Waals surface area (Å²) in [5.74, 6) is -2.17. The Kier molecular flexibility index (Phi) is 5.62. The van der Waals surface area contributed by atoms with E-state index in [1.807, 2.05) is 11.2 Å². The summed E-state index contributed by atoms with van der Waals surface area (Å²) in [6, 6.07) is 9.15. The van der Waals surface area contributed by atoms with Crippen LogP contribution in [-0.4, -0.2) is 27.2 Å². The quantitative estimate of drug-likeness (QED) is 0.740. The van der Waals surface area contributed by atoms with Gasteiger partial charge in [-0.1, -0.05) is 32.0 Å². The summed E-state index contributed by atoms with van der Waals surface area (Å²) in [4.78, 5) is 20.2. The highest BCUT2D eigenvalue weighted by atomic mass is 16.4. The Morgan fingerprint density at radius 1 is 1.33 bits per heavy atom. The standard InChI is InChI=1S/C9H13N.C5H4N2O4/c1-7(2)8-5-3-4-6-9(8)10;8-4(9)2-1-3(5(10)11)7-6-2/h3-7H,10H2,1-2H3;1H,(H,6,7)(H,8,9)(H,10,11). The van der Waals surface area contributed by atoms with Crippen LogP contribution in [0.3, 0.4) is 0 Å². The molecule has 7 heteroatoms.